The van der Waals surface area contributed by atoms with Crippen LogP contribution in [0.15, 0.2) is 0 Å². The molecule has 16 heavy (non-hydrogen) atoms. The molecule has 0 aromatic rings. The van der Waals surface area contributed by atoms with Gasteiger partial charge in [0, 0.05) is 17.6 Å². The molecule has 0 spiro atoms. The zero-order valence-corrected chi connectivity index (χ0v) is 11.3. The molecule has 1 aliphatic rings. The highest BCUT2D eigenvalue weighted by Gasteiger charge is 2.33. The summed E-state index contributed by atoms with van der Waals surface area (Å²) in [4.78, 5) is 2.38. The van der Waals surface area contributed by atoms with Crippen molar-refractivity contribution >= 4 is 0 Å². The minimum atomic E-state index is -0.109. The molecule has 0 amide bonds. The van der Waals surface area contributed by atoms with Gasteiger partial charge < -0.3 is 15.3 Å². The van der Waals surface area contributed by atoms with Crippen molar-refractivity contribution in [1.82, 2.24) is 10.2 Å². The fourth-order valence-corrected chi connectivity index (χ4v) is 2.27. The van der Waals surface area contributed by atoms with Crippen molar-refractivity contribution in [2.24, 2.45) is 0 Å². The quantitative estimate of drug-likeness (QED) is 0.662. The van der Waals surface area contributed by atoms with Crippen molar-refractivity contribution in [3.05, 3.63) is 0 Å². The van der Waals surface area contributed by atoms with E-state index in [-0.39, 0.29) is 12.1 Å². The molecule has 96 valence electrons. The van der Waals surface area contributed by atoms with E-state index in [1.54, 1.807) is 0 Å². The van der Waals surface area contributed by atoms with Crippen LogP contribution in [0.1, 0.15) is 46.5 Å². The molecule has 0 radical (unpaired) electrons. The molecule has 3 nitrogen and oxygen atoms in total. The number of nitrogens with one attached hydrogen (secondary N) is 1. The third kappa shape index (κ3) is 4.40. The number of rotatable bonds is 8. The first-order valence-electron chi connectivity index (χ1n) is 6.59. The first-order chi connectivity index (χ1) is 7.50. The monoisotopic (exact) mass is 228 g/mol. The van der Waals surface area contributed by atoms with Gasteiger partial charge in [-0.1, -0.05) is 6.92 Å². The summed E-state index contributed by atoms with van der Waals surface area (Å²) in [6.45, 7) is 7.95. The summed E-state index contributed by atoms with van der Waals surface area (Å²) in [5, 5.41) is 13.1. The van der Waals surface area contributed by atoms with Gasteiger partial charge in [0.15, 0.2) is 0 Å². The Kier molecular flexibility index (Phi) is 5.22. The smallest absolute Gasteiger partial charge is 0.0611 e. The van der Waals surface area contributed by atoms with Crippen LogP contribution >= 0.6 is 0 Å². The predicted molar refractivity (Wildman–Crippen MR) is 68.6 cm³/mol. The van der Waals surface area contributed by atoms with Crippen molar-refractivity contribution in [1.29, 1.82) is 0 Å². The summed E-state index contributed by atoms with van der Waals surface area (Å²) >= 11 is 0. The van der Waals surface area contributed by atoms with Gasteiger partial charge in [-0.25, -0.2) is 0 Å². The molecule has 0 aromatic carbocycles. The van der Waals surface area contributed by atoms with Gasteiger partial charge in [0.1, 0.15) is 0 Å². The minimum absolute atomic E-state index is 0.109. The molecule has 1 fully saturated rings. The van der Waals surface area contributed by atoms with Gasteiger partial charge in [-0.3, -0.25) is 0 Å². The lowest BCUT2D eigenvalue weighted by Gasteiger charge is -2.35. The third-order valence-corrected chi connectivity index (χ3v) is 3.55. The highest BCUT2D eigenvalue weighted by atomic mass is 16.3. The maximum absolute atomic E-state index is 9.54. The molecular formula is C13H28N2O. The molecule has 0 bridgehead atoms. The largest absolute Gasteiger partial charge is 0.394 e. The molecule has 0 saturated heterocycles. The van der Waals surface area contributed by atoms with E-state index >= 15 is 0 Å². The Hall–Kier alpha value is -0.120. The second kappa shape index (κ2) is 5.99. The zero-order chi connectivity index (χ0) is 12.2. The Morgan fingerprint density at radius 3 is 2.56 bits per heavy atom. The van der Waals surface area contributed by atoms with Crippen molar-refractivity contribution in [3.8, 4) is 0 Å². The number of aliphatic hydroxyl groups excluding tert-OH is 1. The molecule has 2 unspecified atom stereocenters. The Labute approximate surface area is 100 Å². The first-order valence-corrected chi connectivity index (χ1v) is 6.59. The predicted octanol–water partition coefficient (Wildman–Crippen LogP) is 1.61. The van der Waals surface area contributed by atoms with Crippen molar-refractivity contribution < 1.29 is 5.11 Å². The fraction of sp³-hybridized carbons (Fsp3) is 1.00. The van der Waals surface area contributed by atoms with E-state index in [4.69, 9.17) is 0 Å². The lowest BCUT2D eigenvalue weighted by molar-refractivity contribution is 0.125. The van der Waals surface area contributed by atoms with Crippen LogP contribution < -0.4 is 5.32 Å². The van der Waals surface area contributed by atoms with E-state index in [1.807, 2.05) is 0 Å². The summed E-state index contributed by atoms with van der Waals surface area (Å²) in [7, 11) is 2.17. The summed E-state index contributed by atoms with van der Waals surface area (Å²) < 4.78 is 0. The summed E-state index contributed by atoms with van der Waals surface area (Å²) in [6.07, 6.45) is 4.74. The Bertz CT molecular complexity index is 206. The van der Waals surface area contributed by atoms with E-state index in [0.717, 1.165) is 13.0 Å². The van der Waals surface area contributed by atoms with Gasteiger partial charge in [-0.2, -0.15) is 0 Å². The highest BCUT2D eigenvalue weighted by Crippen LogP contribution is 2.25. The molecule has 1 saturated carbocycles. The average molecular weight is 228 g/mol. The summed E-state index contributed by atoms with van der Waals surface area (Å²) in [5.41, 5.74) is -0.109. The Morgan fingerprint density at radius 2 is 2.12 bits per heavy atom. The van der Waals surface area contributed by atoms with Gasteiger partial charge in [-0.05, 0) is 53.1 Å². The van der Waals surface area contributed by atoms with Crippen LogP contribution in [-0.4, -0.2) is 47.8 Å². The second-order valence-corrected chi connectivity index (χ2v) is 5.67. The van der Waals surface area contributed by atoms with E-state index in [0.29, 0.717) is 12.1 Å². The second-order valence-electron chi connectivity index (χ2n) is 5.67. The standard InChI is InChI=1S/C13H28N2O/c1-5-8-15(4)11(2)9-13(3,10-16)14-12-6-7-12/h11-12,14,16H,5-10H2,1-4H3. The van der Waals surface area contributed by atoms with Crippen molar-refractivity contribution in [2.75, 3.05) is 20.2 Å². The highest BCUT2D eigenvalue weighted by molar-refractivity contribution is 4.94. The van der Waals surface area contributed by atoms with Crippen LogP contribution in [0.4, 0.5) is 0 Å². The maximum Gasteiger partial charge on any atom is 0.0611 e. The molecule has 2 atom stereocenters. The molecule has 0 aliphatic heterocycles. The summed E-state index contributed by atoms with van der Waals surface area (Å²) in [5.74, 6) is 0. The number of aliphatic hydroxyl groups is 1. The van der Waals surface area contributed by atoms with Gasteiger partial charge in [-0.15, -0.1) is 0 Å². The summed E-state index contributed by atoms with van der Waals surface area (Å²) in [6, 6.07) is 1.17. The van der Waals surface area contributed by atoms with Gasteiger partial charge >= 0.3 is 0 Å². The number of hydrogen-bond donors (Lipinski definition) is 2. The number of nitrogens with zero attached hydrogens (tertiary/aromatic N) is 1. The van der Waals surface area contributed by atoms with Gasteiger partial charge in [0.05, 0.1) is 6.61 Å². The van der Waals surface area contributed by atoms with Crippen LogP contribution in [0.2, 0.25) is 0 Å². The van der Waals surface area contributed by atoms with E-state index in [1.165, 1.54) is 19.3 Å². The topological polar surface area (TPSA) is 35.5 Å². The molecule has 2 N–H and O–H groups in total. The molecule has 3 heteroatoms. The lowest BCUT2D eigenvalue weighted by atomic mass is 9.93. The van der Waals surface area contributed by atoms with Crippen LogP contribution in [0, 0.1) is 0 Å². The van der Waals surface area contributed by atoms with E-state index < -0.39 is 0 Å². The minimum Gasteiger partial charge on any atom is -0.394 e. The number of hydrogen-bond acceptors (Lipinski definition) is 3. The Balaban J connectivity index is 2.40. The SMILES string of the molecule is CCCN(C)C(C)CC(C)(CO)NC1CC1. The average Bonchev–Trinajstić information content (AvgIpc) is 3.01. The fourth-order valence-electron chi connectivity index (χ4n) is 2.27. The van der Waals surface area contributed by atoms with Gasteiger partial charge in [0.2, 0.25) is 0 Å². The molecular weight excluding hydrogens is 200 g/mol. The normalized spacial score (nSPS) is 22.1. The third-order valence-electron chi connectivity index (χ3n) is 3.55. The van der Waals surface area contributed by atoms with Crippen molar-refractivity contribution in [2.45, 2.75) is 64.1 Å². The Morgan fingerprint density at radius 1 is 1.50 bits per heavy atom. The van der Waals surface area contributed by atoms with Crippen molar-refractivity contribution in [3.63, 3.8) is 0 Å². The van der Waals surface area contributed by atoms with Crippen LogP contribution in [-0.2, 0) is 0 Å². The first kappa shape index (κ1) is 13.9. The molecule has 1 aliphatic carbocycles. The maximum atomic E-state index is 9.54. The van der Waals surface area contributed by atoms with Crippen LogP contribution in [0.25, 0.3) is 0 Å². The molecule has 1 rings (SSSR count). The lowest BCUT2D eigenvalue weighted by Crippen LogP contribution is -2.51. The van der Waals surface area contributed by atoms with Gasteiger partial charge in [0.25, 0.3) is 0 Å². The molecule has 0 aromatic heterocycles. The van der Waals surface area contributed by atoms with E-state index in [2.05, 4.69) is 38.0 Å². The van der Waals surface area contributed by atoms with Crippen LogP contribution in [0.3, 0.4) is 0 Å². The van der Waals surface area contributed by atoms with Crippen LogP contribution in [0.5, 0.6) is 0 Å². The zero-order valence-electron chi connectivity index (χ0n) is 11.3. The van der Waals surface area contributed by atoms with E-state index in [9.17, 15) is 5.11 Å². The molecule has 0 heterocycles.